The summed E-state index contributed by atoms with van der Waals surface area (Å²) in [5.41, 5.74) is 0. The summed E-state index contributed by atoms with van der Waals surface area (Å²) in [6, 6.07) is 1.70. The molecule has 1 aromatic heterocycles. The van der Waals surface area contributed by atoms with Crippen LogP contribution in [0.25, 0.3) is 0 Å². The summed E-state index contributed by atoms with van der Waals surface area (Å²) in [5, 5.41) is 11.9. The number of aliphatic hydroxyl groups excluding tert-OH is 1. The predicted octanol–water partition coefficient (Wildman–Crippen LogP) is 1.05. The van der Waals surface area contributed by atoms with E-state index in [4.69, 9.17) is 16.7 Å². The first-order valence-electron chi connectivity index (χ1n) is 3.44. The Kier molecular flexibility index (Phi) is 7.22. The van der Waals surface area contributed by atoms with Crippen molar-refractivity contribution in [1.82, 2.24) is 4.98 Å². The maximum atomic E-state index is 8.54. The largest absolute Gasteiger partial charge is 0.395 e. The van der Waals surface area contributed by atoms with Crippen molar-refractivity contribution in [3.8, 4) is 0 Å². The van der Waals surface area contributed by atoms with Gasteiger partial charge in [0, 0.05) is 47.2 Å². The normalized spacial score (nSPS) is 9.15. The summed E-state index contributed by atoms with van der Waals surface area (Å²) in [7, 11) is 0. The zero-order chi connectivity index (χ0) is 8.97. The Bertz CT molecular complexity index is 275. The van der Waals surface area contributed by atoms with Crippen LogP contribution in [0.3, 0.4) is 0 Å². The van der Waals surface area contributed by atoms with Crippen LogP contribution in [0, 0.1) is 0 Å². The van der Waals surface area contributed by atoms with Gasteiger partial charge in [0.1, 0.15) is 5.82 Å². The van der Waals surface area contributed by atoms with Crippen LogP contribution in [0.15, 0.2) is 17.2 Å². The van der Waals surface area contributed by atoms with E-state index >= 15 is 0 Å². The quantitative estimate of drug-likeness (QED) is 0.534. The number of rotatable bonds is 3. The number of anilines is 1. The fraction of sp³-hybridized carbons (Fsp3) is 0.286. The van der Waals surface area contributed by atoms with Gasteiger partial charge in [-0.15, -0.1) is 12.6 Å². The van der Waals surface area contributed by atoms with Crippen LogP contribution in [0.5, 0.6) is 0 Å². The van der Waals surface area contributed by atoms with Crippen LogP contribution >= 0.6 is 24.2 Å². The Morgan fingerprint density at radius 1 is 1.62 bits per heavy atom. The van der Waals surface area contributed by atoms with Crippen molar-refractivity contribution in [2.75, 3.05) is 18.5 Å². The second-order valence-corrected chi connectivity index (χ2v) is 3.00. The minimum Gasteiger partial charge on any atom is -0.395 e. The van der Waals surface area contributed by atoms with E-state index in [0.29, 0.717) is 22.3 Å². The maximum Gasteiger partial charge on any atom is 0.145 e. The molecule has 1 heterocycles. The van der Waals surface area contributed by atoms with Crippen LogP contribution in [0.2, 0.25) is 5.02 Å². The van der Waals surface area contributed by atoms with Crippen LogP contribution in [0.1, 0.15) is 0 Å². The second-order valence-electron chi connectivity index (χ2n) is 2.14. The zero-order valence-corrected chi connectivity index (χ0v) is 10.9. The third kappa shape index (κ3) is 4.06. The van der Waals surface area contributed by atoms with E-state index in [1.54, 1.807) is 12.3 Å². The average molecular weight is 228 g/mol. The van der Waals surface area contributed by atoms with Crippen molar-refractivity contribution in [2.24, 2.45) is 0 Å². The predicted molar refractivity (Wildman–Crippen MR) is 57.8 cm³/mol. The molecular formula is C7H9ClN2NaOS. The number of aliphatic hydroxyl groups is 1. The number of halogens is 1. The van der Waals surface area contributed by atoms with Gasteiger partial charge in [0.25, 0.3) is 0 Å². The number of thiol groups is 1. The van der Waals surface area contributed by atoms with Gasteiger partial charge in [-0.3, -0.25) is 0 Å². The van der Waals surface area contributed by atoms with Crippen LogP contribution < -0.4 is 5.32 Å². The van der Waals surface area contributed by atoms with E-state index in [0.717, 1.165) is 0 Å². The molecule has 0 saturated carbocycles. The van der Waals surface area contributed by atoms with Crippen molar-refractivity contribution >= 4 is 59.6 Å². The van der Waals surface area contributed by atoms with Gasteiger partial charge in [-0.05, 0) is 6.07 Å². The number of hydrogen-bond donors (Lipinski definition) is 3. The van der Waals surface area contributed by atoms with Gasteiger partial charge in [-0.25, -0.2) is 4.98 Å². The van der Waals surface area contributed by atoms with Crippen molar-refractivity contribution in [3.63, 3.8) is 0 Å². The topological polar surface area (TPSA) is 45.1 Å². The first-order chi connectivity index (χ1) is 5.75. The van der Waals surface area contributed by atoms with Crippen LogP contribution in [-0.4, -0.2) is 52.8 Å². The Hall–Kier alpha value is 0.550. The minimum absolute atomic E-state index is 0. The minimum atomic E-state index is 0. The van der Waals surface area contributed by atoms with Crippen LogP contribution in [0.4, 0.5) is 5.82 Å². The van der Waals surface area contributed by atoms with Gasteiger partial charge >= 0.3 is 0 Å². The SMILES string of the molecule is OCCNc1nccc(S)c1Cl.[Na]. The molecule has 67 valence electrons. The van der Waals surface area contributed by atoms with Crippen molar-refractivity contribution < 1.29 is 5.11 Å². The first kappa shape index (κ1) is 13.5. The molecule has 0 aliphatic rings. The average Bonchev–Trinajstić information content (AvgIpc) is 2.08. The fourth-order valence-corrected chi connectivity index (χ4v) is 1.08. The molecule has 0 aliphatic carbocycles. The zero-order valence-electron chi connectivity index (χ0n) is 7.29. The first-order valence-corrected chi connectivity index (χ1v) is 4.26. The molecule has 1 radical (unpaired) electrons. The van der Waals surface area contributed by atoms with Crippen molar-refractivity contribution in [1.29, 1.82) is 0 Å². The summed E-state index contributed by atoms with van der Waals surface area (Å²) in [5.74, 6) is 0.554. The number of nitrogens with one attached hydrogen (secondary N) is 1. The summed E-state index contributed by atoms with van der Waals surface area (Å²) < 4.78 is 0. The van der Waals surface area contributed by atoms with Gasteiger partial charge in [-0.1, -0.05) is 11.6 Å². The van der Waals surface area contributed by atoms with E-state index in [-0.39, 0.29) is 36.2 Å². The number of pyridine rings is 1. The van der Waals surface area contributed by atoms with Gasteiger partial charge in [-0.2, -0.15) is 0 Å². The van der Waals surface area contributed by atoms with Gasteiger partial charge in [0.05, 0.1) is 11.6 Å². The van der Waals surface area contributed by atoms with Gasteiger partial charge in [0.15, 0.2) is 0 Å². The van der Waals surface area contributed by atoms with E-state index < -0.39 is 0 Å². The second kappa shape index (κ2) is 6.92. The Morgan fingerprint density at radius 2 is 2.31 bits per heavy atom. The number of hydrogen-bond acceptors (Lipinski definition) is 4. The Morgan fingerprint density at radius 3 is 2.92 bits per heavy atom. The molecule has 13 heavy (non-hydrogen) atoms. The molecule has 0 aliphatic heterocycles. The molecule has 0 fully saturated rings. The Labute approximate surface area is 110 Å². The molecule has 0 spiro atoms. The monoisotopic (exact) mass is 227 g/mol. The molecule has 1 rings (SSSR count). The summed E-state index contributed by atoms with van der Waals surface area (Å²) >= 11 is 9.96. The van der Waals surface area contributed by atoms with Crippen LogP contribution in [-0.2, 0) is 0 Å². The van der Waals surface area contributed by atoms with E-state index in [1.165, 1.54) is 0 Å². The molecular weight excluding hydrogens is 219 g/mol. The molecule has 0 aromatic carbocycles. The van der Waals surface area contributed by atoms with Crippen molar-refractivity contribution in [3.05, 3.63) is 17.3 Å². The molecule has 0 saturated heterocycles. The standard InChI is InChI=1S/C7H9ClN2OS.Na/c8-6-5(12)1-2-9-7(6)10-3-4-11;/h1-2,11H,3-4H2,(H2,9,10,12);. The fourth-order valence-electron chi connectivity index (χ4n) is 0.731. The molecule has 0 atom stereocenters. The van der Waals surface area contributed by atoms with E-state index in [1.807, 2.05) is 0 Å². The summed E-state index contributed by atoms with van der Waals surface area (Å²) in [4.78, 5) is 4.65. The molecule has 0 amide bonds. The van der Waals surface area contributed by atoms with Gasteiger partial charge in [0.2, 0.25) is 0 Å². The molecule has 1 aromatic rings. The van der Waals surface area contributed by atoms with Gasteiger partial charge < -0.3 is 10.4 Å². The van der Waals surface area contributed by atoms with Crippen molar-refractivity contribution in [2.45, 2.75) is 4.90 Å². The smallest absolute Gasteiger partial charge is 0.145 e. The third-order valence-corrected chi connectivity index (χ3v) is 2.16. The molecule has 0 unspecified atom stereocenters. The molecule has 3 nitrogen and oxygen atoms in total. The molecule has 2 N–H and O–H groups in total. The van der Waals surface area contributed by atoms with E-state index in [9.17, 15) is 0 Å². The summed E-state index contributed by atoms with van der Waals surface area (Å²) in [6.45, 7) is 0.485. The molecule has 6 heteroatoms. The summed E-state index contributed by atoms with van der Waals surface area (Å²) in [6.07, 6.45) is 1.61. The maximum absolute atomic E-state index is 8.54. The van der Waals surface area contributed by atoms with E-state index in [2.05, 4.69) is 22.9 Å². The third-order valence-electron chi connectivity index (χ3n) is 1.27. The molecule has 0 bridgehead atoms. The number of aromatic nitrogens is 1. The number of nitrogens with zero attached hydrogens (tertiary/aromatic N) is 1. The Balaban J connectivity index is 0.00000144.